The molecule has 186 valence electrons. The van der Waals surface area contributed by atoms with Gasteiger partial charge in [0.15, 0.2) is 0 Å². The summed E-state index contributed by atoms with van der Waals surface area (Å²) in [5.41, 5.74) is 8.56. The van der Waals surface area contributed by atoms with Crippen molar-refractivity contribution in [3.8, 4) is 34.1 Å². The van der Waals surface area contributed by atoms with Gasteiger partial charge in [-0.3, -0.25) is 0 Å². The van der Waals surface area contributed by atoms with E-state index in [0.717, 1.165) is 63.6 Å². The Labute approximate surface area is 214 Å². The molecule has 0 bridgehead atoms. The van der Waals surface area contributed by atoms with Gasteiger partial charge in [0.25, 0.3) is 0 Å². The fourth-order valence-electron chi connectivity index (χ4n) is 5.19. The molecule has 0 spiro atoms. The van der Waals surface area contributed by atoms with Crippen LogP contribution >= 0.6 is 0 Å². The topological polar surface area (TPSA) is 51.5 Å². The highest BCUT2D eigenvalue weighted by Gasteiger charge is 2.33. The number of nitrogens with zero attached hydrogens (tertiary/aromatic N) is 1. The molecule has 0 aromatic heterocycles. The smallest absolute Gasteiger partial charge is 0.119 e. The summed E-state index contributed by atoms with van der Waals surface area (Å²) >= 11 is 0. The quantitative estimate of drug-likeness (QED) is 0.269. The molecule has 1 heterocycles. The molecule has 4 nitrogen and oxygen atoms in total. The van der Waals surface area contributed by atoms with Crippen LogP contribution in [0.1, 0.15) is 62.1 Å². The van der Waals surface area contributed by atoms with E-state index in [1.165, 1.54) is 34.2 Å². The summed E-state index contributed by atoms with van der Waals surface area (Å²) in [5.74, 6) is 1.28. The third kappa shape index (κ3) is 5.33. The van der Waals surface area contributed by atoms with Gasteiger partial charge in [-0.1, -0.05) is 50.6 Å². The number of fused-ring (bicyclic) bond motifs is 3. The summed E-state index contributed by atoms with van der Waals surface area (Å²) in [4.78, 5) is 0. The Kier molecular flexibility index (Phi) is 7.41. The summed E-state index contributed by atoms with van der Waals surface area (Å²) in [6.07, 6.45) is 4.51. The zero-order valence-corrected chi connectivity index (χ0v) is 21.4. The molecular formula is C32H35NO3. The second kappa shape index (κ2) is 10.9. The van der Waals surface area contributed by atoms with Gasteiger partial charge in [0.05, 0.1) is 38.1 Å². The van der Waals surface area contributed by atoms with Crippen molar-refractivity contribution in [2.45, 2.75) is 45.4 Å². The zero-order valence-electron chi connectivity index (χ0n) is 21.4. The molecule has 1 unspecified atom stereocenters. The van der Waals surface area contributed by atoms with Crippen molar-refractivity contribution >= 4 is 0 Å². The lowest BCUT2D eigenvalue weighted by Gasteiger charge is -2.37. The molecule has 0 radical (unpaired) electrons. The Bertz CT molecular complexity index is 1240. The lowest BCUT2D eigenvalue weighted by atomic mass is 9.90. The summed E-state index contributed by atoms with van der Waals surface area (Å²) in [6.45, 7) is 8.56. The normalized spacial score (nSPS) is 17.1. The van der Waals surface area contributed by atoms with E-state index in [2.05, 4.69) is 56.3 Å². The lowest BCUT2D eigenvalue weighted by Crippen LogP contribution is -2.43. The van der Waals surface area contributed by atoms with Crippen molar-refractivity contribution in [1.82, 2.24) is 0 Å². The SMILES string of the molecule is CC1c2cc(OCCCCCCOCC3(C)COC3)ccc2-c2ccc(-c3ccc(C#N)cc3)cc21. The Morgan fingerprint density at radius 3 is 2.22 bits per heavy atom. The van der Waals surface area contributed by atoms with Crippen molar-refractivity contribution in [3.63, 3.8) is 0 Å². The number of ether oxygens (including phenoxy) is 3. The van der Waals surface area contributed by atoms with Gasteiger partial charge in [-0.05, 0) is 83.0 Å². The Morgan fingerprint density at radius 1 is 0.861 bits per heavy atom. The first-order valence-corrected chi connectivity index (χ1v) is 13.1. The fraction of sp³-hybridized carbons (Fsp3) is 0.406. The Morgan fingerprint density at radius 2 is 1.53 bits per heavy atom. The van der Waals surface area contributed by atoms with Crippen LogP contribution in [0.3, 0.4) is 0 Å². The van der Waals surface area contributed by atoms with Crippen molar-refractivity contribution in [2.75, 3.05) is 33.0 Å². The number of hydrogen-bond acceptors (Lipinski definition) is 4. The Balaban J connectivity index is 1.10. The Hall–Kier alpha value is -3.13. The molecule has 3 aromatic carbocycles. The number of nitriles is 1. The zero-order chi connectivity index (χ0) is 25.0. The average Bonchev–Trinajstić information content (AvgIpc) is 3.17. The molecule has 3 aromatic rings. The first-order valence-electron chi connectivity index (χ1n) is 13.1. The first kappa shape index (κ1) is 24.6. The third-order valence-corrected chi connectivity index (χ3v) is 7.45. The third-order valence-electron chi connectivity index (χ3n) is 7.45. The van der Waals surface area contributed by atoms with Gasteiger partial charge < -0.3 is 14.2 Å². The highest BCUT2D eigenvalue weighted by molar-refractivity contribution is 5.82. The molecular weight excluding hydrogens is 446 g/mol. The van der Waals surface area contributed by atoms with E-state index in [1.54, 1.807) is 0 Å². The van der Waals surface area contributed by atoms with E-state index < -0.39 is 0 Å². The summed E-state index contributed by atoms with van der Waals surface area (Å²) in [6, 6.07) is 23.2. The molecule has 1 aliphatic carbocycles. The van der Waals surface area contributed by atoms with Crippen molar-refractivity contribution in [1.29, 1.82) is 5.26 Å². The largest absolute Gasteiger partial charge is 0.494 e. The van der Waals surface area contributed by atoms with Crippen LogP contribution in [0.5, 0.6) is 5.75 Å². The number of benzene rings is 3. The van der Waals surface area contributed by atoms with E-state index in [9.17, 15) is 0 Å². The second-order valence-electron chi connectivity index (χ2n) is 10.6. The maximum Gasteiger partial charge on any atom is 0.119 e. The summed E-state index contributed by atoms with van der Waals surface area (Å²) in [5, 5.41) is 9.07. The van der Waals surface area contributed by atoms with Crippen LogP contribution < -0.4 is 4.74 Å². The van der Waals surface area contributed by atoms with E-state index in [4.69, 9.17) is 19.5 Å². The highest BCUT2D eigenvalue weighted by Crippen LogP contribution is 2.47. The molecule has 1 saturated heterocycles. The maximum absolute atomic E-state index is 9.07. The lowest BCUT2D eigenvalue weighted by molar-refractivity contribution is -0.137. The van der Waals surface area contributed by atoms with Crippen molar-refractivity contribution in [2.24, 2.45) is 5.41 Å². The minimum absolute atomic E-state index is 0.246. The molecule has 4 heteroatoms. The second-order valence-corrected chi connectivity index (χ2v) is 10.6. The molecule has 36 heavy (non-hydrogen) atoms. The number of unbranched alkanes of at least 4 members (excludes halogenated alkanes) is 3. The highest BCUT2D eigenvalue weighted by atomic mass is 16.5. The molecule has 2 aliphatic rings. The van der Waals surface area contributed by atoms with Crippen LogP contribution in [-0.2, 0) is 9.47 Å². The van der Waals surface area contributed by atoms with E-state index in [-0.39, 0.29) is 5.41 Å². The first-order chi connectivity index (χ1) is 17.6. The van der Waals surface area contributed by atoms with Crippen LogP contribution in [0.4, 0.5) is 0 Å². The maximum atomic E-state index is 9.07. The van der Waals surface area contributed by atoms with Gasteiger partial charge >= 0.3 is 0 Å². The fourth-order valence-corrected chi connectivity index (χ4v) is 5.19. The molecule has 1 aliphatic heterocycles. The monoisotopic (exact) mass is 481 g/mol. The standard InChI is InChI=1S/C32H35NO3/c1-23-30-17-26(25-9-7-24(19-33)8-10-25)11-13-28(30)29-14-12-27(18-31(23)29)36-16-6-4-3-5-15-34-20-32(2)21-35-22-32/h7-14,17-18,23H,3-6,15-16,20-22H2,1-2H3. The van der Waals surface area contributed by atoms with Gasteiger partial charge in [-0.2, -0.15) is 5.26 Å². The van der Waals surface area contributed by atoms with Crippen molar-refractivity contribution in [3.05, 3.63) is 77.4 Å². The molecule has 1 fully saturated rings. The minimum atomic E-state index is 0.246. The molecule has 1 atom stereocenters. The van der Waals surface area contributed by atoms with Gasteiger partial charge in [0.2, 0.25) is 0 Å². The molecule has 0 amide bonds. The minimum Gasteiger partial charge on any atom is -0.494 e. The van der Waals surface area contributed by atoms with Crippen molar-refractivity contribution < 1.29 is 14.2 Å². The van der Waals surface area contributed by atoms with E-state index >= 15 is 0 Å². The van der Waals surface area contributed by atoms with Crippen LogP contribution in [0.25, 0.3) is 22.3 Å². The van der Waals surface area contributed by atoms with Gasteiger partial charge in [0, 0.05) is 17.9 Å². The molecule has 0 N–H and O–H groups in total. The summed E-state index contributed by atoms with van der Waals surface area (Å²) in [7, 11) is 0. The van der Waals surface area contributed by atoms with Crippen LogP contribution in [0.15, 0.2) is 60.7 Å². The molecule has 0 saturated carbocycles. The predicted molar refractivity (Wildman–Crippen MR) is 143 cm³/mol. The summed E-state index contributed by atoms with van der Waals surface area (Å²) < 4.78 is 17.2. The average molecular weight is 482 g/mol. The van der Waals surface area contributed by atoms with Crippen LogP contribution in [-0.4, -0.2) is 33.0 Å². The van der Waals surface area contributed by atoms with Gasteiger partial charge in [0.1, 0.15) is 5.75 Å². The van der Waals surface area contributed by atoms with Gasteiger partial charge in [-0.15, -0.1) is 0 Å². The molecule has 5 rings (SSSR count). The van der Waals surface area contributed by atoms with Gasteiger partial charge in [-0.25, -0.2) is 0 Å². The van der Waals surface area contributed by atoms with E-state index in [1.807, 2.05) is 24.3 Å². The van der Waals surface area contributed by atoms with Crippen LogP contribution in [0.2, 0.25) is 0 Å². The van der Waals surface area contributed by atoms with Crippen LogP contribution in [0, 0.1) is 16.7 Å². The predicted octanol–water partition coefficient (Wildman–Crippen LogP) is 7.35. The number of hydrogen-bond donors (Lipinski definition) is 0. The van der Waals surface area contributed by atoms with E-state index in [0.29, 0.717) is 11.5 Å². The number of rotatable bonds is 11.